The van der Waals surface area contributed by atoms with E-state index in [2.05, 4.69) is 25.2 Å². The molecule has 1 amide bonds. The van der Waals surface area contributed by atoms with Gasteiger partial charge in [0.05, 0.1) is 23.2 Å². The van der Waals surface area contributed by atoms with Crippen LogP contribution in [0.1, 0.15) is 54.2 Å². The number of hydrogen-bond donors (Lipinski definition) is 2. The van der Waals surface area contributed by atoms with Crippen molar-refractivity contribution in [1.29, 1.82) is 0 Å². The number of nitrogens with zero attached hydrogens (tertiary/aromatic N) is 1. The third-order valence-electron chi connectivity index (χ3n) is 4.91. The van der Waals surface area contributed by atoms with Crippen molar-refractivity contribution in [3.8, 4) is 11.3 Å². The number of primary amides is 1. The van der Waals surface area contributed by atoms with Crippen LogP contribution in [0.3, 0.4) is 0 Å². The molecule has 3 N–H and O–H groups in total. The average Bonchev–Trinajstić information content (AvgIpc) is 2.91. The van der Waals surface area contributed by atoms with Crippen LogP contribution < -0.4 is 10.5 Å². The highest BCUT2D eigenvalue weighted by atomic mass is 79.9. The second-order valence-electron chi connectivity index (χ2n) is 7.18. The second-order valence-corrected chi connectivity index (χ2v) is 9.84. The van der Waals surface area contributed by atoms with E-state index in [0.29, 0.717) is 17.3 Å². The molecule has 0 unspecified atom stereocenters. The van der Waals surface area contributed by atoms with Crippen molar-refractivity contribution in [2.75, 3.05) is 11.0 Å². The van der Waals surface area contributed by atoms with Gasteiger partial charge in [-0.2, -0.15) is 0 Å². The topological polar surface area (TPSA) is 94.2 Å². The van der Waals surface area contributed by atoms with Gasteiger partial charge in [-0.3, -0.25) is 9.52 Å². The maximum atomic E-state index is 12.1. The summed E-state index contributed by atoms with van der Waals surface area (Å²) in [7, 11) is -3.41. The summed E-state index contributed by atoms with van der Waals surface area (Å²) in [5.74, 6) is -0.486. The highest BCUT2D eigenvalue weighted by molar-refractivity contribution is 9.10. The fourth-order valence-corrected chi connectivity index (χ4v) is 4.98. The number of amides is 1. The van der Waals surface area contributed by atoms with Gasteiger partial charge in [0.1, 0.15) is 0 Å². The van der Waals surface area contributed by atoms with Crippen LogP contribution in [-0.2, 0) is 10.0 Å². The van der Waals surface area contributed by atoms with Crippen LogP contribution >= 0.6 is 15.9 Å². The Morgan fingerprint density at radius 3 is 2.44 bits per heavy atom. The fraction of sp³-hybridized carbons (Fsp3) is 0.421. The largest absolute Gasteiger partial charge is 0.366 e. The standard InChI is InChI=1S/C19H24BrN3O3S/c1-12-8-17(19(21)24)18(23(12)16-6-4-3-5-7-16)13-9-14(20)11-15(10-13)22-27(2,25)26/h8-11,16,22H,3-7H2,1-2H3,(H2,21,24). The van der Waals surface area contributed by atoms with E-state index in [9.17, 15) is 13.2 Å². The molecular formula is C19H24BrN3O3S. The van der Waals surface area contributed by atoms with E-state index in [1.165, 1.54) is 6.42 Å². The van der Waals surface area contributed by atoms with Crippen molar-refractivity contribution < 1.29 is 13.2 Å². The minimum atomic E-state index is -3.41. The van der Waals surface area contributed by atoms with Crippen molar-refractivity contribution >= 4 is 37.5 Å². The number of sulfonamides is 1. The zero-order valence-electron chi connectivity index (χ0n) is 15.5. The first kappa shape index (κ1) is 19.9. The molecule has 1 saturated carbocycles. The van der Waals surface area contributed by atoms with Crippen molar-refractivity contribution in [3.05, 3.63) is 40.0 Å². The van der Waals surface area contributed by atoms with Gasteiger partial charge in [-0.15, -0.1) is 0 Å². The van der Waals surface area contributed by atoms with E-state index in [-0.39, 0.29) is 0 Å². The number of aromatic nitrogens is 1. The molecule has 0 saturated heterocycles. The van der Waals surface area contributed by atoms with Gasteiger partial charge in [-0.05, 0) is 44.0 Å². The van der Waals surface area contributed by atoms with Crippen LogP contribution in [0.25, 0.3) is 11.3 Å². The summed E-state index contributed by atoms with van der Waals surface area (Å²) in [5, 5.41) is 0. The third kappa shape index (κ3) is 4.55. The monoisotopic (exact) mass is 453 g/mol. The van der Waals surface area contributed by atoms with Gasteiger partial charge in [0, 0.05) is 21.8 Å². The highest BCUT2D eigenvalue weighted by Crippen LogP contribution is 2.38. The molecule has 1 fully saturated rings. The van der Waals surface area contributed by atoms with Crippen LogP contribution in [0, 0.1) is 6.92 Å². The van der Waals surface area contributed by atoms with E-state index < -0.39 is 15.9 Å². The molecule has 146 valence electrons. The summed E-state index contributed by atoms with van der Waals surface area (Å²) < 4.78 is 28.7. The first-order valence-corrected chi connectivity index (χ1v) is 11.6. The number of nitrogens with one attached hydrogen (secondary N) is 1. The normalized spacial score (nSPS) is 15.7. The average molecular weight is 454 g/mol. The van der Waals surface area contributed by atoms with Crippen molar-refractivity contribution in [2.45, 2.75) is 45.1 Å². The zero-order valence-corrected chi connectivity index (χ0v) is 17.9. The van der Waals surface area contributed by atoms with E-state index in [0.717, 1.165) is 53.4 Å². The Kier molecular flexibility index (Phi) is 5.67. The Morgan fingerprint density at radius 2 is 1.85 bits per heavy atom. The molecular weight excluding hydrogens is 430 g/mol. The Balaban J connectivity index is 2.19. The smallest absolute Gasteiger partial charge is 0.250 e. The predicted octanol–water partition coefficient (Wildman–Crippen LogP) is 4.20. The van der Waals surface area contributed by atoms with Crippen LogP contribution in [0.15, 0.2) is 28.7 Å². The lowest BCUT2D eigenvalue weighted by atomic mass is 9.94. The number of carbonyl (C=O) groups is 1. The minimum Gasteiger partial charge on any atom is -0.366 e. The van der Waals surface area contributed by atoms with Gasteiger partial charge in [0.2, 0.25) is 10.0 Å². The maximum absolute atomic E-state index is 12.1. The quantitative estimate of drug-likeness (QED) is 0.709. The first-order chi connectivity index (χ1) is 12.7. The van der Waals surface area contributed by atoms with E-state index in [1.54, 1.807) is 12.1 Å². The fourth-order valence-electron chi connectivity index (χ4n) is 3.94. The van der Waals surface area contributed by atoms with E-state index in [4.69, 9.17) is 5.73 Å². The summed E-state index contributed by atoms with van der Waals surface area (Å²) >= 11 is 3.45. The number of nitrogens with two attached hydrogens (primary N) is 1. The van der Waals surface area contributed by atoms with Crippen LogP contribution in [0.2, 0.25) is 0 Å². The molecule has 0 spiro atoms. The Morgan fingerprint density at radius 1 is 1.19 bits per heavy atom. The Bertz CT molecular complexity index is 976. The summed E-state index contributed by atoms with van der Waals surface area (Å²) in [5.41, 5.74) is 9.06. The number of anilines is 1. The molecule has 1 aliphatic carbocycles. The van der Waals surface area contributed by atoms with Gasteiger partial charge in [0.25, 0.3) is 5.91 Å². The number of benzene rings is 1. The number of rotatable bonds is 5. The predicted molar refractivity (Wildman–Crippen MR) is 111 cm³/mol. The van der Waals surface area contributed by atoms with E-state index in [1.807, 2.05) is 19.1 Å². The Hall–Kier alpha value is -1.80. The molecule has 27 heavy (non-hydrogen) atoms. The first-order valence-electron chi connectivity index (χ1n) is 8.96. The molecule has 1 heterocycles. The van der Waals surface area contributed by atoms with Crippen LogP contribution in [0.4, 0.5) is 5.69 Å². The summed E-state index contributed by atoms with van der Waals surface area (Å²) in [4.78, 5) is 12.1. The van der Waals surface area contributed by atoms with Crippen LogP contribution in [-0.4, -0.2) is 25.1 Å². The second kappa shape index (κ2) is 7.67. The highest BCUT2D eigenvalue weighted by Gasteiger charge is 2.25. The lowest BCUT2D eigenvalue weighted by Crippen LogP contribution is -2.17. The lowest BCUT2D eigenvalue weighted by Gasteiger charge is -2.27. The number of halogens is 1. The summed E-state index contributed by atoms with van der Waals surface area (Å²) in [6.45, 7) is 1.98. The van der Waals surface area contributed by atoms with Gasteiger partial charge >= 0.3 is 0 Å². The number of aryl methyl sites for hydroxylation is 1. The van der Waals surface area contributed by atoms with Gasteiger partial charge in [0.15, 0.2) is 0 Å². The molecule has 0 radical (unpaired) electrons. The molecule has 1 aromatic heterocycles. The molecule has 2 aromatic rings. The molecule has 0 bridgehead atoms. The molecule has 3 rings (SSSR count). The molecule has 1 aromatic carbocycles. The van der Waals surface area contributed by atoms with Crippen molar-refractivity contribution in [1.82, 2.24) is 4.57 Å². The van der Waals surface area contributed by atoms with Crippen molar-refractivity contribution in [3.63, 3.8) is 0 Å². The number of hydrogen-bond acceptors (Lipinski definition) is 3. The lowest BCUT2D eigenvalue weighted by molar-refractivity contribution is 0.100. The third-order valence-corrected chi connectivity index (χ3v) is 5.97. The SMILES string of the molecule is Cc1cc(C(N)=O)c(-c2cc(Br)cc(NS(C)(=O)=O)c2)n1C1CCCCC1. The van der Waals surface area contributed by atoms with Crippen LogP contribution in [0.5, 0.6) is 0 Å². The molecule has 8 heteroatoms. The molecule has 0 aliphatic heterocycles. The number of carbonyl (C=O) groups excluding carboxylic acids is 1. The minimum absolute atomic E-state index is 0.312. The van der Waals surface area contributed by atoms with Gasteiger partial charge < -0.3 is 10.3 Å². The van der Waals surface area contributed by atoms with E-state index >= 15 is 0 Å². The summed E-state index contributed by atoms with van der Waals surface area (Å²) in [6.07, 6.45) is 6.78. The molecule has 1 aliphatic rings. The van der Waals surface area contributed by atoms with Crippen molar-refractivity contribution in [2.24, 2.45) is 5.73 Å². The summed E-state index contributed by atoms with van der Waals surface area (Å²) in [6, 6.07) is 7.46. The zero-order chi connectivity index (χ0) is 19.8. The molecule has 6 nitrogen and oxygen atoms in total. The Labute approximate surface area is 168 Å². The van der Waals surface area contributed by atoms with Gasteiger partial charge in [-0.25, -0.2) is 8.42 Å². The molecule has 0 atom stereocenters. The van der Waals surface area contributed by atoms with Gasteiger partial charge in [-0.1, -0.05) is 35.2 Å². The maximum Gasteiger partial charge on any atom is 0.250 e.